The van der Waals surface area contributed by atoms with Gasteiger partial charge in [0.2, 0.25) is 5.76 Å². The molecule has 0 aromatic heterocycles. The van der Waals surface area contributed by atoms with Gasteiger partial charge in [-0.3, -0.25) is 15.9 Å². The Morgan fingerprint density at radius 1 is 1.39 bits per heavy atom. The van der Waals surface area contributed by atoms with Crippen LogP contribution in [0.5, 0.6) is 5.75 Å². The number of phenols is 1. The number of nitrogens with one attached hydrogen (secondary N) is 1. The van der Waals surface area contributed by atoms with Gasteiger partial charge in [-0.05, 0) is 12.1 Å². The second-order valence-electron chi connectivity index (χ2n) is 4.97. The molecule has 1 amide bonds. The SMILES string of the molecule is CN(C)C(=O)OC1=CC=CC/C1=[N+](/O)c1cccc(O)c1NO. The first kappa shape index (κ1) is 16.4. The smallest absolute Gasteiger partial charge is 0.414 e. The molecule has 0 radical (unpaired) electrons. The summed E-state index contributed by atoms with van der Waals surface area (Å²) in [6, 6.07) is 4.34. The molecule has 0 spiro atoms. The third kappa shape index (κ3) is 3.43. The van der Waals surface area contributed by atoms with Gasteiger partial charge in [-0.2, -0.15) is 0 Å². The maximum Gasteiger partial charge on any atom is 0.414 e. The summed E-state index contributed by atoms with van der Waals surface area (Å²) in [4.78, 5) is 13.0. The number of aromatic hydroxyl groups is 1. The number of ether oxygens (including phenoxy) is 1. The van der Waals surface area contributed by atoms with Crippen LogP contribution in [-0.2, 0) is 4.74 Å². The van der Waals surface area contributed by atoms with E-state index < -0.39 is 6.09 Å². The van der Waals surface area contributed by atoms with Crippen molar-refractivity contribution < 1.29 is 29.8 Å². The maximum absolute atomic E-state index is 11.7. The highest BCUT2D eigenvalue weighted by Gasteiger charge is 2.29. The second kappa shape index (κ2) is 6.84. The quantitative estimate of drug-likeness (QED) is 0.294. The van der Waals surface area contributed by atoms with E-state index in [4.69, 9.17) is 9.94 Å². The Kier molecular flexibility index (Phi) is 4.87. The number of carbonyl (C=O) groups is 1. The molecule has 1 aliphatic rings. The number of hydrogen-bond acceptors (Lipinski definition) is 6. The number of anilines is 1. The van der Waals surface area contributed by atoms with E-state index in [0.717, 1.165) is 4.74 Å². The van der Waals surface area contributed by atoms with E-state index in [1.165, 1.54) is 29.2 Å². The lowest BCUT2D eigenvalue weighted by Crippen LogP contribution is -2.27. The Balaban J connectivity index is 2.46. The monoisotopic (exact) mass is 320 g/mol. The molecule has 0 fully saturated rings. The summed E-state index contributed by atoms with van der Waals surface area (Å²) in [6.45, 7) is 0. The molecule has 0 saturated heterocycles. The topological polar surface area (TPSA) is 105 Å². The van der Waals surface area contributed by atoms with Gasteiger partial charge in [0.25, 0.3) is 11.4 Å². The standard InChI is InChI=1S/C15H17N3O5/c1-17(2)15(20)23-13-9-4-3-6-10(13)18(22)11-7-5-8-12(19)14(11)16-21/h3-5,7-9,16,21H,6H2,1-2H3,(H-,19,22)/p+1/b18-10-. The van der Waals surface area contributed by atoms with Gasteiger partial charge in [-0.1, -0.05) is 18.2 Å². The van der Waals surface area contributed by atoms with Crippen molar-refractivity contribution in [3.63, 3.8) is 0 Å². The van der Waals surface area contributed by atoms with Gasteiger partial charge in [-0.15, -0.1) is 0 Å². The van der Waals surface area contributed by atoms with E-state index in [1.54, 1.807) is 26.2 Å². The number of amides is 1. The summed E-state index contributed by atoms with van der Waals surface area (Å²) in [5.41, 5.74) is 2.15. The zero-order valence-corrected chi connectivity index (χ0v) is 12.7. The van der Waals surface area contributed by atoms with Crippen LogP contribution in [0.1, 0.15) is 6.42 Å². The summed E-state index contributed by atoms with van der Waals surface area (Å²) in [5, 5.41) is 29.3. The number of hydrogen-bond donors (Lipinski definition) is 4. The van der Waals surface area contributed by atoms with Gasteiger partial charge in [0, 0.05) is 24.9 Å². The molecule has 1 aromatic carbocycles. The van der Waals surface area contributed by atoms with Crippen molar-refractivity contribution in [2.45, 2.75) is 6.42 Å². The highest BCUT2D eigenvalue weighted by molar-refractivity contribution is 5.99. The average molecular weight is 320 g/mol. The van der Waals surface area contributed by atoms with Gasteiger partial charge in [0.1, 0.15) is 5.75 Å². The number of carbonyl (C=O) groups excluding carboxylic acids is 1. The van der Waals surface area contributed by atoms with Crippen LogP contribution < -0.4 is 5.48 Å². The van der Waals surface area contributed by atoms with Crippen LogP contribution in [0.2, 0.25) is 0 Å². The lowest BCUT2D eigenvalue weighted by molar-refractivity contribution is -0.713. The molecule has 0 heterocycles. The summed E-state index contributed by atoms with van der Waals surface area (Å²) in [5.74, 6) is -0.0762. The third-order valence-corrected chi connectivity index (χ3v) is 3.16. The molecule has 0 aliphatic heterocycles. The molecule has 8 nitrogen and oxygen atoms in total. The van der Waals surface area contributed by atoms with Crippen LogP contribution in [0, 0.1) is 0 Å². The van der Waals surface area contributed by atoms with Gasteiger partial charge >= 0.3 is 6.09 Å². The Hall–Kier alpha value is -3.00. The fourth-order valence-corrected chi connectivity index (χ4v) is 1.97. The highest BCUT2D eigenvalue weighted by Crippen LogP contribution is 2.33. The van der Waals surface area contributed by atoms with Crippen LogP contribution in [0.25, 0.3) is 0 Å². The zero-order chi connectivity index (χ0) is 17.0. The van der Waals surface area contributed by atoms with Crippen molar-refractivity contribution in [1.82, 2.24) is 4.90 Å². The van der Waals surface area contributed by atoms with Crippen molar-refractivity contribution in [3.8, 4) is 5.75 Å². The third-order valence-electron chi connectivity index (χ3n) is 3.16. The van der Waals surface area contributed by atoms with Crippen LogP contribution in [0.3, 0.4) is 0 Å². The van der Waals surface area contributed by atoms with Gasteiger partial charge in [-0.25, -0.2) is 4.79 Å². The van der Waals surface area contributed by atoms with E-state index in [1.807, 2.05) is 5.48 Å². The minimum absolute atomic E-state index is 0.0738. The number of nitrogens with zero attached hydrogens (tertiary/aromatic N) is 2. The fraction of sp³-hybridized carbons (Fsp3) is 0.200. The van der Waals surface area contributed by atoms with Crippen LogP contribution in [0.15, 0.2) is 42.2 Å². The first-order valence-corrected chi connectivity index (χ1v) is 6.79. The lowest BCUT2D eigenvalue weighted by atomic mass is 10.1. The molecule has 0 bridgehead atoms. The molecule has 0 unspecified atom stereocenters. The predicted molar refractivity (Wildman–Crippen MR) is 82.2 cm³/mol. The minimum Gasteiger partial charge on any atom is -0.505 e. The van der Waals surface area contributed by atoms with E-state index in [-0.39, 0.29) is 28.6 Å². The van der Waals surface area contributed by atoms with E-state index >= 15 is 0 Å². The van der Waals surface area contributed by atoms with Crippen LogP contribution >= 0.6 is 0 Å². The van der Waals surface area contributed by atoms with Crippen molar-refractivity contribution >= 4 is 23.2 Å². The normalized spacial score (nSPS) is 15.7. The van der Waals surface area contributed by atoms with E-state index in [9.17, 15) is 15.1 Å². The second-order valence-corrected chi connectivity index (χ2v) is 4.97. The average Bonchev–Trinajstić information content (AvgIpc) is 2.54. The maximum atomic E-state index is 11.7. The zero-order valence-electron chi connectivity index (χ0n) is 12.7. The van der Waals surface area contributed by atoms with Crippen LogP contribution in [-0.4, -0.2) is 51.1 Å². The molecule has 4 N–H and O–H groups in total. The number of phenolic OH excluding ortho intramolecular Hbond substituents is 1. The summed E-state index contributed by atoms with van der Waals surface area (Å²) in [6.07, 6.45) is 4.71. The molecule has 2 rings (SSSR count). The molecular weight excluding hydrogens is 302 g/mol. The Morgan fingerprint density at radius 3 is 2.78 bits per heavy atom. The Labute approximate surface area is 132 Å². The molecule has 0 saturated carbocycles. The van der Waals surface area contributed by atoms with E-state index in [0.29, 0.717) is 6.42 Å². The summed E-state index contributed by atoms with van der Waals surface area (Å²) < 4.78 is 5.97. The Morgan fingerprint density at radius 2 is 2.13 bits per heavy atom. The molecule has 1 aliphatic carbocycles. The first-order chi connectivity index (χ1) is 11.0. The Bertz CT molecular complexity index is 707. The van der Waals surface area contributed by atoms with Crippen LogP contribution in [0.4, 0.5) is 16.2 Å². The summed E-state index contributed by atoms with van der Waals surface area (Å²) in [7, 11) is 3.09. The number of rotatable bonds is 3. The highest BCUT2D eigenvalue weighted by atomic mass is 16.6. The van der Waals surface area contributed by atoms with Gasteiger partial charge in [0.05, 0.1) is 6.42 Å². The largest absolute Gasteiger partial charge is 0.505 e. The summed E-state index contributed by atoms with van der Waals surface area (Å²) >= 11 is 0. The molecule has 0 atom stereocenters. The molecule has 8 heteroatoms. The van der Waals surface area contributed by atoms with Gasteiger partial charge in [0.15, 0.2) is 5.69 Å². The van der Waals surface area contributed by atoms with Crippen molar-refractivity contribution in [2.75, 3.05) is 19.6 Å². The number of allylic oxidation sites excluding steroid dienone is 4. The lowest BCUT2D eigenvalue weighted by Gasteiger charge is -2.14. The fourth-order valence-electron chi connectivity index (χ4n) is 1.97. The van der Waals surface area contributed by atoms with Gasteiger partial charge < -0.3 is 14.7 Å². The predicted octanol–water partition coefficient (Wildman–Crippen LogP) is 2.21. The minimum atomic E-state index is -0.589. The van der Waals surface area contributed by atoms with Crippen molar-refractivity contribution in [3.05, 3.63) is 42.2 Å². The first-order valence-electron chi connectivity index (χ1n) is 6.79. The molecule has 1 aromatic rings. The molecule has 23 heavy (non-hydrogen) atoms. The molecule has 122 valence electrons. The van der Waals surface area contributed by atoms with Crippen molar-refractivity contribution in [2.24, 2.45) is 0 Å². The van der Waals surface area contributed by atoms with Crippen molar-refractivity contribution in [1.29, 1.82) is 0 Å². The van der Waals surface area contributed by atoms with E-state index in [2.05, 4.69) is 0 Å². The number of para-hydroxylation sites is 1. The molecular formula is C15H18N3O5+. The number of benzene rings is 1.